The first-order valence-electron chi connectivity index (χ1n) is 5.17. The van der Waals surface area contributed by atoms with Crippen molar-refractivity contribution in [3.05, 3.63) is 45.8 Å². The van der Waals surface area contributed by atoms with Gasteiger partial charge in [0.2, 0.25) is 0 Å². The average Bonchev–Trinajstić information content (AvgIpc) is 3.04. The van der Waals surface area contributed by atoms with E-state index in [2.05, 4.69) is 4.98 Å². The summed E-state index contributed by atoms with van der Waals surface area (Å²) in [5.41, 5.74) is 0.936. The first-order valence-corrected chi connectivity index (χ1v) is 5.17. The molecule has 3 rings (SSSR count). The number of halogens is 2. The van der Waals surface area contributed by atoms with Gasteiger partial charge in [-0.3, -0.25) is 4.79 Å². The van der Waals surface area contributed by atoms with E-state index in [1.807, 2.05) is 0 Å². The van der Waals surface area contributed by atoms with E-state index in [4.69, 9.17) is 0 Å². The molecule has 1 aromatic carbocycles. The van der Waals surface area contributed by atoms with Crippen LogP contribution in [0, 0.1) is 11.6 Å². The molecule has 1 aliphatic carbocycles. The van der Waals surface area contributed by atoms with Crippen LogP contribution in [0.4, 0.5) is 8.78 Å². The fraction of sp³-hybridized carbons (Fsp3) is 0.250. The summed E-state index contributed by atoms with van der Waals surface area (Å²) < 4.78 is 26.0. The number of aromatic amines is 1. The van der Waals surface area contributed by atoms with Gasteiger partial charge >= 0.3 is 0 Å². The number of H-pyrrole nitrogens is 1. The first kappa shape index (κ1) is 9.51. The minimum atomic E-state index is -0.989. The largest absolute Gasteiger partial charge is 0.358 e. The molecule has 0 saturated heterocycles. The number of rotatable bonds is 1. The van der Waals surface area contributed by atoms with Crippen LogP contribution in [0.15, 0.2) is 23.0 Å². The van der Waals surface area contributed by atoms with Gasteiger partial charge in [0, 0.05) is 23.2 Å². The Morgan fingerprint density at radius 2 is 1.81 bits per heavy atom. The van der Waals surface area contributed by atoms with Crippen molar-refractivity contribution in [1.82, 2.24) is 4.98 Å². The number of hydrogen-bond donors (Lipinski definition) is 1. The van der Waals surface area contributed by atoms with E-state index >= 15 is 0 Å². The maximum absolute atomic E-state index is 13.0. The predicted molar refractivity (Wildman–Crippen MR) is 56.5 cm³/mol. The van der Waals surface area contributed by atoms with Crippen LogP contribution >= 0.6 is 0 Å². The number of pyridine rings is 1. The highest BCUT2D eigenvalue weighted by Crippen LogP contribution is 2.38. The molecule has 1 aromatic heterocycles. The van der Waals surface area contributed by atoms with Gasteiger partial charge in [0.05, 0.1) is 5.52 Å². The number of nitrogens with one attached hydrogen (secondary N) is 1. The van der Waals surface area contributed by atoms with Crippen molar-refractivity contribution in [2.24, 2.45) is 0 Å². The molecule has 0 amide bonds. The third-order valence-corrected chi connectivity index (χ3v) is 2.91. The van der Waals surface area contributed by atoms with Crippen molar-refractivity contribution in [3.63, 3.8) is 0 Å². The Morgan fingerprint density at radius 3 is 2.50 bits per heavy atom. The van der Waals surface area contributed by atoms with Crippen LogP contribution in [0.2, 0.25) is 0 Å². The van der Waals surface area contributed by atoms with Crippen LogP contribution < -0.4 is 5.43 Å². The zero-order valence-electron chi connectivity index (χ0n) is 8.39. The molecular weight excluding hydrogens is 212 g/mol. The Bertz CT molecular complexity index is 629. The fourth-order valence-electron chi connectivity index (χ4n) is 1.88. The molecular formula is C12H9F2NO. The molecule has 1 fully saturated rings. The summed E-state index contributed by atoms with van der Waals surface area (Å²) in [7, 11) is 0. The van der Waals surface area contributed by atoms with E-state index in [9.17, 15) is 13.6 Å². The summed E-state index contributed by atoms with van der Waals surface area (Å²) >= 11 is 0. The SMILES string of the molecule is O=c1cc(C2CC2)[nH]c2cc(F)c(F)cc12. The lowest BCUT2D eigenvalue weighted by atomic mass is 10.1. The van der Waals surface area contributed by atoms with Crippen LogP contribution in [0.3, 0.4) is 0 Å². The van der Waals surface area contributed by atoms with E-state index in [1.165, 1.54) is 6.07 Å². The summed E-state index contributed by atoms with van der Waals surface area (Å²) in [6.07, 6.45) is 2.09. The van der Waals surface area contributed by atoms with Crippen LogP contribution in [-0.2, 0) is 0 Å². The normalized spacial score (nSPS) is 15.6. The van der Waals surface area contributed by atoms with E-state index in [-0.39, 0.29) is 10.8 Å². The van der Waals surface area contributed by atoms with Gasteiger partial charge in [-0.2, -0.15) is 0 Å². The summed E-state index contributed by atoms with van der Waals surface area (Å²) in [4.78, 5) is 14.7. The Balaban J connectivity index is 2.33. The second-order valence-electron chi connectivity index (χ2n) is 4.18. The Labute approximate surface area is 89.9 Å². The van der Waals surface area contributed by atoms with Gasteiger partial charge in [-0.05, 0) is 24.8 Å². The minimum Gasteiger partial charge on any atom is -0.358 e. The van der Waals surface area contributed by atoms with Crippen molar-refractivity contribution in [2.45, 2.75) is 18.8 Å². The molecule has 1 N–H and O–H groups in total. The lowest BCUT2D eigenvalue weighted by molar-refractivity contribution is 0.510. The second-order valence-corrected chi connectivity index (χ2v) is 4.18. The van der Waals surface area contributed by atoms with Crippen molar-refractivity contribution >= 4 is 10.9 Å². The Morgan fingerprint density at radius 1 is 1.12 bits per heavy atom. The smallest absolute Gasteiger partial charge is 0.189 e. The van der Waals surface area contributed by atoms with Crippen LogP contribution in [0.25, 0.3) is 10.9 Å². The molecule has 16 heavy (non-hydrogen) atoms. The Kier molecular flexibility index (Phi) is 1.87. The predicted octanol–water partition coefficient (Wildman–Crippen LogP) is 2.68. The van der Waals surface area contributed by atoms with Gasteiger partial charge in [0.1, 0.15) is 0 Å². The van der Waals surface area contributed by atoms with Gasteiger partial charge in [-0.15, -0.1) is 0 Å². The topological polar surface area (TPSA) is 32.9 Å². The van der Waals surface area contributed by atoms with E-state index < -0.39 is 11.6 Å². The Hall–Kier alpha value is -1.71. The summed E-state index contributed by atoms with van der Waals surface area (Å²) in [5, 5.41) is 0.198. The standard InChI is InChI=1S/C12H9F2NO/c13-8-3-7-11(4-9(8)14)15-10(5-12(7)16)6-1-2-6/h3-6H,1-2H2,(H,15,16). The van der Waals surface area contributed by atoms with Gasteiger partial charge in [0.15, 0.2) is 17.1 Å². The monoisotopic (exact) mass is 221 g/mol. The van der Waals surface area contributed by atoms with Gasteiger partial charge < -0.3 is 4.98 Å². The maximum atomic E-state index is 13.0. The average molecular weight is 221 g/mol. The minimum absolute atomic E-state index is 0.198. The highest BCUT2D eigenvalue weighted by molar-refractivity contribution is 5.78. The lowest BCUT2D eigenvalue weighted by Gasteiger charge is -2.03. The maximum Gasteiger partial charge on any atom is 0.189 e. The second kappa shape index (κ2) is 3.14. The van der Waals surface area contributed by atoms with E-state index in [1.54, 1.807) is 0 Å². The van der Waals surface area contributed by atoms with Gasteiger partial charge in [-0.25, -0.2) is 8.78 Å². The highest BCUT2D eigenvalue weighted by Gasteiger charge is 2.25. The number of aromatic nitrogens is 1. The number of benzene rings is 1. The molecule has 0 aliphatic heterocycles. The molecule has 82 valence electrons. The zero-order valence-corrected chi connectivity index (χ0v) is 8.39. The molecule has 0 radical (unpaired) electrons. The van der Waals surface area contributed by atoms with Crippen molar-refractivity contribution in [1.29, 1.82) is 0 Å². The summed E-state index contributed by atoms with van der Waals surface area (Å²) in [5.74, 6) is -1.54. The molecule has 2 aromatic rings. The van der Waals surface area contributed by atoms with Gasteiger partial charge in [0.25, 0.3) is 0 Å². The van der Waals surface area contributed by atoms with E-state index in [0.717, 1.165) is 30.7 Å². The molecule has 0 bridgehead atoms. The zero-order chi connectivity index (χ0) is 11.3. The van der Waals surface area contributed by atoms with Crippen LogP contribution in [0.1, 0.15) is 24.5 Å². The summed E-state index contributed by atoms with van der Waals surface area (Å²) in [6.45, 7) is 0. The molecule has 1 heterocycles. The van der Waals surface area contributed by atoms with Crippen molar-refractivity contribution < 1.29 is 8.78 Å². The quantitative estimate of drug-likeness (QED) is 0.789. The third-order valence-electron chi connectivity index (χ3n) is 2.91. The molecule has 1 aliphatic rings. The van der Waals surface area contributed by atoms with Crippen LogP contribution in [-0.4, -0.2) is 4.98 Å². The highest BCUT2D eigenvalue weighted by atomic mass is 19.2. The molecule has 1 saturated carbocycles. The summed E-state index contributed by atoms with van der Waals surface area (Å²) in [6, 6.07) is 3.47. The molecule has 4 heteroatoms. The number of hydrogen-bond acceptors (Lipinski definition) is 1. The van der Waals surface area contributed by atoms with E-state index in [0.29, 0.717) is 11.4 Å². The lowest BCUT2D eigenvalue weighted by Crippen LogP contribution is -2.05. The first-order chi connectivity index (χ1) is 7.65. The number of fused-ring (bicyclic) bond motifs is 1. The molecule has 0 atom stereocenters. The fourth-order valence-corrected chi connectivity index (χ4v) is 1.88. The molecule has 0 unspecified atom stereocenters. The van der Waals surface area contributed by atoms with Crippen molar-refractivity contribution in [2.75, 3.05) is 0 Å². The van der Waals surface area contributed by atoms with Gasteiger partial charge in [-0.1, -0.05) is 0 Å². The van der Waals surface area contributed by atoms with Crippen molar-refractivity contribution in [3.8, 4) is 0 Å². The third kappa shape index (κ3) is 1.41. The molecule has 0 spiro atoms. The molecule has 2 nitrogen and oxygen atoms in total. The van der Waals surface area contributed by atoms with Crippen LogP contribution in [0.5, 0.6) is 0 Å².